The molecule has 1 aliphatic rings. The highest BCUT2D eigenvalue weighted by atomic mass is 32.1. The van der Waals surface area contributed by atoms with E-state index in [2.05, 4.69) is 42.3 Å². The van der Waals surface area contributed by atoms with Crippen molar-refractivity contribution in [3.05, 3.63) is 29.3 Å². The Labute approximate surface area is 148 Å². The maximum atomic E-state index is 12.1. The highest BCUT2D eigenvalue weighted by Gasteiger charge is 2.25. The second-order valence-electron chi connectivity index (χ2n) is 7.13. The molecule has 1 atom stereocenters. The summed E-state index contributed by atoms with van der Waals surface area (Å²) in [5.41, 5.74) is 1.10. The van der Waals surface area contributed by atoms with E-state index in [-0.39, 0.29) is 5.91 Å². The average molecular weight is 346 g/mol. The first kappa shape index (κ1) is 17.4. The van der Waals surface area contributed by atoms with E-state index in [9.17, 15) is 4.79 Å². The Morgan fingerprint density at radius 2 is 2.25 bits per heavy atom. The van der Waals surface area contributed by atoms with Crippen LogP contribution in [-0.4, -0.2) is 42.0 Å². The summed E-state index contributed by atoms with van der Waals surface area (Å²) in [5, 5.41) is 4.27. The molecule has 1 N–H and O–H groups in total. The van der Waals surface area contributed by atoms with Crippen molar-refractivity contribution in [2.45, 2.75) is 39.0 Å². The monoisotopic (exact) mass is 345 g/mol. The van der Waals surface area contributed by atoms with Crippen LogP contribution in [0.1, 0.15) is 44.0 Å². The van der Waals surface area contributed by atoms with Crippen LogP contribution in [0.4, 0.5) is 0 Å². The molecule has 1 aromatic heterocycles. The number of hydrogen-bond donors (Lipinski definition) is 1. The van der Waals surface area contributed by atoms with Gasteiger partial charge in [0.05, 0.1) is 21.8 Å². The maximum Gasteiger partial charge on any atom is 0.234 e. The number of hydrogen-bond acceptors (Lipinski definition) is 4. The van der Waals surface area contributed by atoms with Gasteiger partial charge in [-0.3, -0.25) is 9.69 Å². The predicted octanol–water partition coefficient (Wildman–Crippen LogP) is 3.64. The van der Waals surface area contributed by atoms with Crippen LogP contribution in [0.2, 0.25) is 0 Å². The Hall–Kier alpha value is -1.46. The van der Waals surface area contributed by atoms with Crippen LogP contribution in [-0.2, 0) is 4.79 Å². The molecule has 1 aromatic carbocycles. The van der Waals surface area contributed by atoms with Gasteiger partial charge >= 0.3 is 0 Å². The van der Waals surface area contributed by atoms with Crippen LogP contribution in [0.25, 0.3) is 10.2 Å². The summed E-state index contributed by atoms with van der Waals surface area (Å²) in [6.07, 6.45) is 3.35. The number of para-hydroxylation sites is 1. The fourth-order valence-corrected chi connectivity index (χ4v) is 4.32. The topological polar surface area (TPSA) is 45.2 Å². The fraction of sp³-hybridized carbons (Fsp3) is 0.579. The van der Waals surface area contributed by atoms with Crippen LogP contribution in [0.3, 0.4) is 0 Å². The van der Waals surface area contributed by atoms with Crippen molar-refractivity contribution in [3.63, 3.8) is 0 Å². The van der Waals surface area contributed by atoms with E-state index in [4.69, 9.17) is 4.98 Å². The summed E-state index contributed by atoms with van der Waals surface area (Å²) < 4.78 is 1.26. The van der Waals surface area contributed by atoms with Crippen molar-refractivity contribution >= 4 is 27.5 Å². The normalized spacial score (nSPS) is 19.0. The van der Waals surface area contributed by atoms with E-state index < -0.39 is 0 Å². The Bertz CT molecular complexity index is 649. The number of thiazole rings is 1. The molecular formula is C19H27N3OS. The highest BCUT2D eigenvalue weighted by Crippen LogP contribution is 2.32. The van der Waals surface area contributed by atoms with Gasteiger partial charge in [-0.2, -0.15) is 0 Å². The van der Waals surface area contributed by atoms with Crippen LogP contribution in [0, 0.1) is 5.92 Å². The van der Waals surface area contributed by atoms with Crippen molar-refractivity contribution in [3.8, 4) is 0 Å². The Morgan fingerprint density at radius 1 is 1.42 bits per heavy atom. The van der Waals surface area contributed by atoms with Crippen LogP contribution < -0.4 is 5.32 Å². The molecule has 24 heavy (non-hydrogen) atoms. The molecule has 1 fully saturated rings. The number of fused-ring (bicyclic) bond motifs is 1. The van der Waals surface area contributed by atoms with Crippen molar-refractivity contribution in [2.24, 2.45) is 5.92 Å². The predicted molar refractivity (Wildman–Crippen MR) is 100 cm³/mol. The molecule has 2 aromatic rings. The molecule has 0 unspecified atom stereocenters. The molecule has 5 heteroatoms. The van der Waals surface area contributed by atoms with Gasteiger partial charge in [0, 0.05) is 19.0 Å². The third-order valence-corrected chi connectivity index (χ3v) is 5.78. The van der Waals surface area contributed by atoms with Crippen molar-refractivity contribution in [1.29, 1.82) is 0 Å². The van der Waals surface area contributed by atoms with Gasteiger partial charge in [0.25, 0.3) is 0 Å². The number of rotatable bonds is 6. The molecule has 0 spiro atoms. The lowest BCUT2D eigenvalue weighted by molar-refractivity contribution is -0.122. The van der Waals surface area contributed by atoms with Gasteiger partial charge in [0.1, 0.15) is 0 Å². The summed E-state index contributed by atoms with van der Waals surface area (Å²) in [4.78, 5) is 19.2. The Balaban J connectivity index is 1.55. The van der Waals surface area contributed by atoms with E-state index in [1.165, 1.54) is 16.1 Å². The number of aromatic nitrogens is 1. The van der Waals surface area contributed by atoms with E-state index in [0.717, 1.165) is 38.0 Å². The molecule has 0 bridgehead atoms. The molecule has 0 radical (unpaired) electrons. The first-order valence-electron chi connectivity index (χ1n) is 8.96. The molecule has 1 saturated heterocycles. The minimum atomic E-state index is 0.153. The number of benzene rings is 1. The summed E-state index contributed by atoms with van der Waals surface area (Å²) >= 11 is 1.80. The lowest BCUT2D eigenvalue weighted by atomic mass is 9.99. The molecule has 4 nitrogen and oxygen atoms in total. The van der Waals surface area contributed by atoms with Crippen LogP contribution in [0.15, 0.2) is 24.3 Å². The van der Waals surface area contributed by atoms with Gasteiger partial charge in [-0.25, -0.2) is 4.98 Å². The van der Waals surface area contributed by atoms with E-state index >= 15 is 0 Å². The maximum absolute atomic E-state index is 12.1. The second kappa shape index (κ2) is 8.08. The molecule has 0 aliphatic carbocycles. The zero-order valence-electron chi connectivity index (χ0n) is 14.6. The number of nitrogens with zero attached hydrogens (tertiary/aromatic N) is 2. The molecular weight excluding hydrogens is 318 g/mol. The van der Waals surface area contributed by atoms with Gasteiger partial charge in [-0.1, -0.05) is 26.0 Å². The minimum absolute atomic E-state index is 0.153. The lowest BCUT2D eigenvalue weighted by Gasteiger charge is -2.31. The van der Waals surface area contributed by atoms with Gasteiger partial charge in [-0.05, 0) is 43.9 Å². The quantitative estimate of drug-likeness (QED) is 0.869. The third-order valence-electron chi connectivity index (χ3n) is 4.58. The second-order valence-corrected chi connectivity index (χ2v) is 8.19. The van der Waals surface area contributed by atoms with Gasteiger partial charge in [0.15, 0.2) is 0 Å². The standard InChI is InChI=1S/C19H27N3OS/c1-14(2)9-10-20-18(23)13-22-11-5-6-15(12-22)19-21-16-7-3-4-8-17(16)24-19/h3-4,7-8,14-15H,5-6,9-13H2,1-2H3,(H,20,23)/t15-/m0/s1. The first-order chi connectivity index (χ1) is 11.6. The Kier molecular flexibility index (Phi) is 5.85. The number of likely N-dealkylation sites (tertiary alicyclic amines) is 1. The number of piperidine rings is 1. The smallest absolute Gasteiger partial charge is 0.234 e. The third kappa shape index (κ3) is 4.54. The van der Waals surface area contributed by atoms with E-state index in [0.29, 0.717) is 18.4 Å². The molecule has 1 aliphatic heterocycles. The number of carbonyl (C=O) groups excluding carboxylic acids is 1. The van der Waals surface area contributed by atoms with E-state index in [1.54, 1.807) is 11.3 Å². The van der Waals surface area contributed by atoms with Crippen LogP contribution in [0.5, 0.6) is 0 Å². The average Bonchev–Trinajstić information content (AvgIpc) is 2.99. The number of nitrogens with one attached hydrogen (secondary N) is 1. The molecule has 2 heterocycles. The highest BCUT2D eigenvalue weighted by molar-refractivity contribution is 7.18. The Morgan fingerprint density at radius 3 is 3.04 bits per heavy atom. The zero-order valence-corrected chi connectivity index (χ0v) is 15.4. The lowest BCUT2D eigenvalue weighted by Crippen LogP contribution is -2.42. The zero-order chi connectivity index (χ0) is 16.9. The van der Waals surface area contributed by atoms with Gasteiger partial charge < -0.3 is 5.32 Å². The van der Waals surface area contributed by atoms with E-state index in [1.807, 2.05) is 6.07 Å². The van der Waals surface area contributed by atoms with Crippen molar-refractivity contribution < 1.29 is 4.79 Å². The van der Waals surface area contributed by atoms with Crippen molar-refractivity contribution in [1.82, 2.24) is 15.2 Å². The molecule has 3 rings (SSSR count). The molecule has 1 amide bonds. The number of amides is 1. The molecule has 130 valence electrons. The van der Waals surface area contributed by atoms with Gasteiger partial charge in [-0.15, -0.1) is 11.3 Å². The largest absolute Gasteiger partial charge is 0.355 e. The SMILES string of the molecule is CC(C)CCNC(=O)CN1CCC[C@H](c2nc3ccccc3s2)C1. The fourth-order valence-electron chi connectivity index (χ4n) is 3.22. The minimum Gasteiger partial charge on any atom is -0.355 e. The first-order valence-corrected chi connectivity index (χ1v) is 9.78. The van der Waals surface area contributed by atoms with Crippen LogP contribution >= 0.6 is 11.3 Å². The number of carbonyl (C=O) groups is 1. The summed E-state index contributed by atoms with van der Waals surface area (Å²) in [7, 11) is 0. The van der Waals surface area contributed by atoms with Crippen molar-refractivity contribution in [2.75, 3.05) is 26.2 Å². The summed E-state index contributed by atoms with van der Waals surface area (Å²) in [6.45, 7) is 7.61. The summed E-state index contributed by atoms with van der Waals surface area (Å²) in [6, 6.07) is 8.33. The molecule has 0 saturated carbocycles. The van der Waals surface area contributed by atoms with Gasteiger partial charge in [0.2, 0.25) is 5.91 Å². The summed E-state index contributed by atoms with van der Waals surface area (Å²) in [5.74, 6) is 1.24.